The summed E-state index contributed by atoms with van der Waals surface area (Å²) in [5.41, 5.74) is 1.63. The van der Waals surface area contributed by atoms with E-state index in [-0.39, 0.29) is 11.2 Å². The third-order valence-electron chi connectivity index (χ3n) is 4.78. The van der Waals surface area contributed by atoms with E-state index < -0.39 is 0 Å². The highest BCUT2D eigenvalue weighted by molar-refractivity contribution is 7.15. The average Bonchev–Trinajstić information content (AvgIpc) is 3.12. The van der Waals surface area contributed by atoms with E-state index in [0.717, 1.165) is 41.6 Å². The van der Waals surface area contributed by atoms with E-state index in [0.29, 0.717) is 13.1 Å². The molecule has 0 spiro atoms. The molecule has 1 aliphatic rings. The Kier molecular flexibility index (Phi) is 4.63. The van der Waals surface area contributed by atoms with Gasteiger partial charge < -0.3 is 10.6 Å². The Balaban J connectivity index is 1.43. The number of hydrogen-bond donors (Lipinski definition) is 2. The van der Waals surface area contributed by atoms with Gasteiger partial charge in [0.05, 0.1) is 12.2 Å². The van der Waals surface area contributed by atoms with E-state index in [1.165, 1.54) is 0 Å². The van der Waals surface area contributed by atoms with Gasteiger partial charge in [-0.3, -0.25) is 4.40 Å². The van der Waals surface area contributed by atoms with Crippen molar-refractivity contribution in [3.8, 4) is 0 Å². The Morgan fingerprint density at radius 3 is 2.92 bits per heavy atom. The number of rotatable bonds is 6. The Labute approximate surface area is 156 Å². The molecule has 1 fully saturated rings. The molecular formula is C19H22FN5S. The van der Waals surface area contributed by atoms with Gasteiger partial charge >= 0.3 is 0 Å². The van der Waals surface area contributed by atoms with Crippen LogP contribution >= 0.6 is 11.3 Å². The quantitative estimate of drug-likeness (QED) is 0.516. The van der Waals surface area contributed by atoms with Gasteiger partial charge in [0.15, 0.2) is 10.9 Å². The van der Waals surface area contributed by atoms with Gasteiger partial charge in [0.2, 0.25) is 0 Å². The Hall–Kier alpha value is -2.41. The molecule has 2 heterocycles. The van der Waals surface area contributed by atoms with E-state index in [2.05, 4.69) is 20.6 Å². The molecule has 7 heteroatoms. The van der Waals surface area contributed by atoms with Crippen LogP contribution in [0.25, 0.3) is 4.96 Å². The molecule has 1 saturated carbocycles. The van der Waals surface area contributed by atoms with Crippen LogP contribution < -0.4 is 10.6 Å². The average molecular weight is 371 g/mol. The minimum atomic E-state index is -0.119. The maximum atomic E-state index is 14.2. The molecule has 0 radical (unpaired) electrons. The topological polar surface area (TPSA) is 53.7 Å². The van der Waals surface area contributed by atoms with E-state index in [1.54, 1.807) is 23.5 Å². The Bertz CT molecular complexity index is 896. The van der Waals surface area contributed by atoms with Crippen LogP contribution in [0.5, 0.6) is 0 Å². The van der Waals surface area contributed by atoms with E-state index in [9.17, 15) is 4.39 Å². The molecule has 0 atom stereocenters. The first kappa shape index (κ1) is 17.0. The summed E-state index contributed by atoms with van der Waals surface area (Å²) in [6.45, 7) is 4.00. The van der Waals surface area contributed by atoms with Crippen LogP contribution in [0.2, 0.25) is 0 Å². The Morgan fingerprint density at radius 2 is 2.19 bits per heavy atom. The number of nitrogens with zero attached hydrogens (tertiary/aromatic N) is 3. The third-order valence-corrected chi connectivity index (χ3v) is 5.55. The number of benzene rings is 1. The van der Waals surface area contributed by atoms with Gasteiger partial charge in [0.25, 0.3) is 0 Å². The summed E-state index contributed by atoms with van der Waals surface area (Å²) < 4.78 is 16.2. The zero-order valence-corrected chi connectivity index (χ0v) is 15.5. The lowest BCUT2D eigenvalue weighted by atomic mass is 9.95. The van der Waals surface area contributed by atoms with Crippen LogP contribution in [0.15, 0.2) is 47.0 Å². The summed E-state index contributed by atoms with van der Waals surface area (Å²) in [7, 11) is 0. The number of aliphatic imine (C=N–C) groups is 1. The smallest absolute Gasteiger partial charge is 0.193 e. The van der Waals surface area contributed by atoms with Crippen molar-refractivity contribution in [3.63, 3.8) is 0 Å². The molecule has 4 rings (SSSR count). The van der Waals surface area contributed by atoms with Gasteiger partial charge in [-0.05, 0) is 31.4 Å². The van der Waals surface area contributed by atoms with Crippen LogP contribution in [-0.4, -0.2) is 28.4 Å². The summed E-state index contributed by atoms with van der Waals surface area (Å²) in [5, 5.41) is 8.66. The van der Waals surface area contributed by atoms with Gasteiger partial charge in [0.1, 0.15) is 5.82 Å². The summed E-state index contributed by atoms with van der Waals surface area (Å²) in [4.78, 5) is 10.2. The molecule has 1 aromatic carbocycles. The second kappa shape index (κ2) is 7.07. The lowest BCUT2D eigenvalue weighted by Gasteiger charge is -2.19. The number of hydrogen-bond acceptors (Lipinski definition) is 3. The molecule has 5 nitrogen and oxygen atoms in total. The lowest BCUT2D eigenvalue weighted by Crippen LogP contribution is -2.41. The zero-order valence-electron chi connectivity index (χ0n) is 14.7. The maximum absolute atomic E-state index is 14.2. The van der Waals surface area contributed by atoms with Gasteiger partial charge in [0, 0.05) is 36.3 Å². The van der Waals surface area contributed by atoms with Crippen molar-refractivity contribution in [2.45, 2.75) is 31.7 Å². The standard InChI is InChI=1S/C19H22FN5S/c1-2-21-17(22-11-14-12-25-9-10-26-18(25)24-14)23-13-19(7-8-19)15-5-3-4-6-16(15)20/h3-6,9-10,12H,2,7-8,11,13H2,1H3,(H2,21,22,23). The first-order valence-electron chi connectivity index (χ1n) is 8.88. The van der Waals surface area contributed by atoms with Crippen LogP contribution in [0.4, 0.5) is 4.39 Å². The molecule has 2 N–H and O–H groups in total. The van der Waals surface area contributed by atoms with Crippen molar-refractivity contribution in [1.29, 1.82) is 0 Å². The fraction of sp³-hybridized carbons (Fsp3) is 0.368. The van der Waals surface area contributed by atoms with E-state index in [1.807, 2.05) is 41.2 Å². The SMILES string of the molecule is CCNC(=NCc1cn2ccsc2n1)NCC1(c2ccccc2F)CC1. The number of aromatic nitrogens is 2. The molecule has 0 saturated heterocycles. The number of fused-ring (bicyclic) bond motifs is 1. The van der Waals surface area contributed by atoms with Crippen molar-refractivity contribution in [3.05, 3.63) is 59.1 Å². The highest BCUT2D eigenvalue weighted by Crippen LogP contribution is 2.48. The fourth-order valence-corrected chi connectivity index (χ4v) is 3.91. The second-order valence-corrected chi connectivity index (χ2v) is 7.51. The normalized spacial score (nSPS) is 16.0. The van der Waals surface area contributed by atoms with Gasteiger partial charge in [-0.15, -0.1) is 11.3 Å². The Morgan fingerprint density at radius 1 is 1.35 bits per heavy atom. The summed E-state index contributed by atoms with van der Waals surface area (Å²) >= 11 is 1.61. The predicted molar refractivity (Wildman–Crippen MR) is 103 cm³/mol. The number of halogens is 1. The van der Waals surface area contributed by atoms with Gasteiger partial charge in [-0.1, -0.05) is 18.2 Å². The molecule has 3 aromatic rings. The van der Waals surface area contributed by atoms with Gasteiger partial charge in [-0.25, -0.2) is 14.4 Å². The second-order valence-electron chi connectivity index (χ2n) is 6.63. The lowest BCUT2D eigenvalue weighted by molar-refractivity contribution is 0.559. The number of guanidine groups is 1. The largest absolute Gasteiger partial charge is 0.357 e. The van der Waals surface area contributed by atoms with Crippen LogP contribution in [-0.2, 0) is 12.0 Å². The van der Waals surface area contributed by atoms with Crippen molar-refractivity contribution >= 4 is 22.3 Å². The molecule has 0 bridgehead atoms. The van der Waals surface area contributed by atoms with Crippen molar-refractivity contribution in [2.75, 3.05) is 13.1 Å². The van der Waals surface area contributed by atoms with Crippen molar-refractivity contribution in [1.82, 2.24) is 20.0 Å². The monoisotopic (exact) mass is 371 g/mol. The maximum Gasteiger partial charge on any atom is 0.193 e. The number of nitrogens with one attached hydrogen (secondary N) is 2. The molecule has 0 unspecified atom stereocenters. The van der Waals surface area contributed by atoms with Crippen LogP contribution in [0, 0.1) is 5.82 Å². The first-order valence-corrected chi connectivity index (χ1v) is 9.76. The zero-order chi connectivity index (χ0) is 18.0. The third kappa shape index (κ3) is 3.44. The molecular weight excluding hydrogens is 349 g/mol. The summed E-state index contributed by atoms with van der Waals surface area (Å²) in [6.07, 6.45) is 5.99. The highest BCUT2D eigenvalue weighted by atomic mass is 32.1. The van der Waals surface area contributed by atoms with E-state index in [4.69, 9.17) is 0 Å². The van der Waals surface area contributed by atoms with Crippen LogP contribution in [0.1, 0.15) is 31.0 Å². The summed E-state index contributed by atoms with van der Waals surface area (Å²) in [6, 6.07) is 7.08. The number of imidazole rings is 1. The minimum absolute atomic E-state index is 0.113. The molecule has 26 heavy (non-hydrogen) atoms. The number of thiazole rings is 1. The molecule has 136 valence electrons. The molecule has 1 aliphatic carbocycles. The van der Waals surface area contributed by atoms with E-state index >= 15 is 0 Å². The summed E-state index contributed by atoms with van der Waals surface area (Å²) in [5.74, 6) is 0.623. The molecule has 0 amide bonds. The first-order chi connectivity index (χ1) is 12.7. The molecule has 0 aliphatic heterocycles. The minimum Gasteiger partial charge on any atom is -0.357 e. The van der Waals surface area contributed by atoms with Crippen LogP contribution in [0.3, 0.4) is 0 Å². The highest BCUT2D eigenvalue weighted by Gasteiger charge is 2.45. The van der Waals surface area contributed by atoms with Gasteiger partial charge in [-0.2, -0.15) is 0 Å². The fourth-order valence-electron chi connectivity index (χ4n) is 3.19. The van der Waals surface area contributed by atoms with Crippen molar-refractivity contribution in [2.24, 2.45) is 4.99 Å². The molecule has 2 aromatic heterocycles. The predicted octanol–water partition coefficient (Wildman–Crippen LogP) is 3.32. The van der Waals surface area contributed by atoms with Crippen molar-refractivity contribution < 1.29 is 4.39 Å².